The zero-order valence-corrected chi connectivity index (χ0v) is 13.0. The van der Waals surface area contributed by atoms with Gasteiger partial charge in [-0.15, -0.1) is 0 Å². The molecular formula is C17H19ClFNO. The molecule has 0 amide bonds. The molecule has 0 aromatic heterocycles. The fourth-order valence-electron chi connectivity index (χ4n) is 2.32. The molecule has 2 aromatic rings. The van der Waals surface area contributed by atoms with Crippen LogP contribution in [0.15, 0.2) is 42.5 Å². The fraction of sp³-hybridized carbons (Fsp3) is 0.294. The van der Waals surface area contributed by atoms with E-state index >= 15 is 0 Å². The third-order valence-corrected chi connectivity index (χ3v) is 3.71. The van der Waals surface area contributed by atoms with Crippen molar-refractivity contribution in [3.63, 3.8) is 0 Å². The lowest BCUT2D eigenvalue weighted by Gasteiger charge is -2.20. The summed E-state index contributed by atoms with van der Waals surface area (Å²) >= 11 is 6.17. The average Bonchev–Trinajstić information content (AvgIpc) is 2.48. The molecule has 0 fully saturated rings. The van der Waals surface area contributed by atoms with Crippen LogP contribution in [0.4, 0.5) is 4.39 Å². The number of methoxy groups -OCH3 is 1. The van der Waals surface area contributed by atoms with Crippen molar-refractivity contribution in [2.45, 2.75) is 19.4 Å². The highest BCUT2D eigenvalue weighted by Gasteiger charge is 2.15. The van der Waals surface area contributed by atoms with E-state index in [4.69, 9.17) is 16.3 Å². The summed E-state index contributed by atoms with van der Waals surface area (Å²) in [6.07, 6.45) is 0.781. The van der Waals surface area contributed by atoms with Crippen molar-refractivity contribution < 1.29 is 9.13 Å². The van der Waals surface area contributed by atoms with Crippen LogP contribution >= 0.6 is 11.6 Å². The zero-order valence-electron chi connectivity index (χ0n) is 12.2. The average molecular weight is 308 g/mol. The standard InChI is InChI=1S/C17H19ClFNO/c1-3-20-17(15-9-6-13(19)11-16(15)18)10-12-4-7-14(21-2)8-5-12/h4-9,11,17,20H,3,10H2,1-2H3. The number of nitrogens with one attached hydrogen (secondary N) is 1. The molecular weight excluding hydrogens is 289 g/mol. The van der Waals surface area contributed by atoms with Gasteiger partial charge in [0.25, 0.3) is 0 Å². The molecule has 0 heterocycles. The molecule has 0 bridgehead atoms. The van der Waals surface area contributed by atoms with Crippen molar-refractivity contribution in [3.8, 4) is 5.75 Å². The van der Waals surface area contributed by atoms with Gasteiger partial charge in [-0.1, -0.05) is 36.7 Å². The summed E-state index contributed by atoms with van der Waals surface area (Å²) < 4.78 is 18.3. The third-order valence-electron chi connectivity index (χ3n) is 3.39. The number of halogens is 2. The van der Waals surface area contributed by atoms with Gasteiger partial charge in [-0.25, -0.2) is 4.39 Å². The number of hydrogen-bond acceptors (Lipinski definition) is 2. The Kier molecular flexibility index (Phi) is 5.59. The molecule has 0 aliphatic heterocycles. The summed E-state index contributed by atoms with van der Waals surface area (Å²) in [7, 11) is 1.65. The molecule has 0 saturated carbocycles. The fourth-order valence-corrected chi connectivity index (χ4v) is 2.62. The van der Waals surface area contributed by atoms with Gasteiger partial charge in [-0.3, -0.25) is 0 Å². The quantitative estimate of drug-likeness (QED) is 0.855. The zero-order chi connectivity index (χ0) is 15.2. The van der Waals surface area contributed by atoms with Crippen molar-refractivity contribution in [3.05, 3.63) is 64.4 Å². The topological polar surface area (TPSA) is 21.3 Å². The van der Waals surface area contributed by atoms with Crippen LogP contribution in [-0.2, 0) is 6.42 Å². The largest absolute Gasteiger partial charge is 0.497 e. The first-order valence-electron chi connectivity index (χ1n) is 6.95. The van der Waals surface area contributed by atoms with Crippen molar-refractivity contribution in [2.75, 3.05) is 13.7 Å². The Morgan fingerprint density at radius 2 is 1.90 bits per heavy atom. The molecule has 0 saturated heterocycles. The van der Waals surface area contributed by atoms with Crippen LogP contribution in [0.25, 0.3) is 0 Å². The van der Waals surface area contributed by atoms with Gasteiger partial charge < -0.3 is 10.1 Å². The SMILES string of the molecule is CCNC(Cc1ccc(OC)cc1)c1ccc(F)cc1Cl. The summed E-state index contributed by atoms with van der Waals surface area (Å²) in [6, 6.07) is 12.5. The van der Waals surface area contributed by atoms with E-state index in [1.165, 1.54) is 17.7 Å². The molecule has 2 nitrogen and oxygen atoms in total. The predicted molar refractivity (Wildman–Crippen MR) is 84.5 cm³/mol. The molecule has 0 aliphatic rings. The Labute approximate surface area is 129 Å². The molecule has 2 aromatic carbocycles. The molecule has 1 atom stereocenters. The first kappa shape index (κ1) is 15.8. The predicted octanol–water partition coefficient (Wildman–Crippen LogP) is 4.38. The number of hydrogen-bond donors (Lipinski definition) is 1. The van der Waals surface area contributed by atoms with Gasteiger partial charge in [0.2, 0.25) is 0 Å². The smallest absolute Gasteiger partial charge is 0.124 e. The number of benzene rings is 2. The highest BCUT2D eigenvalue weighted by Crippen LogP contribution is 2.27. The molecule has 4 heteroatoms. The van der Waals surface area contributed by atoms with Crippen molar-refractivity contribution in [1.82, 2.24) is 5.32 Å². The minimum absolute atomic E-state index is 0.0523. The maximum atomic E-state index is 13.2. The molecule has 2 rings (SSSR count). The van der Waals surface area contributed by atoms with Crippen molar-refractivity contribution in [2.24, 2.45) is 0 Å². The molecule has 0 radical (unpaired) electrons. The van der Waals surface area contributed by atoms with Gasteiger partial charge in [0.15, 0.2) is 0 Å². The summed E-state index contributed by atoms with van der Waals surface area (Å²) in [5.74, 6) is 0.516. The molecule has 1 unspecified atom stereocenters. The van der Waals surface area contributed by atoms with Crippen LogP contribution in [-0.4, -0.2) is 13.7 Å². The van der Waals surface area contributed by atoms with Gasteiger partial charge in [0, 0.05) is 11.1 Å². The van der Waals surface area contributed by atoms with Crippen LogP contribution in [0, 0.1) is 5.82 Å². The van der Waals surface area contributed by atoms with Crippen LogP contribution in [0.3, 0.4) is 0 Å². The van der Waals surface area contributed by atoms with Gasteiger partial charge in [0.1, 0.15) is 11.6 Å². The van der Waals surface area contributed by atoms with Crippen molar-refractivity contribution in [1.29, 1.82) is 0 Å². The van der Waals surface area contributed by atoms with Crippen LogP contribution in [0.5, 0.6) is 5.75 Å². The minimum Gasteiger partial charge on any atom is -0.497 e. The van der Waals surface area contributed by atoms with Gasteiger partial charge in [0.05, 0.1) is 7.11 Å². The van der Waals surface area contributed by atoms with E-state index in [1.54, 1.807) is 13.2 Å². The molecule has 0 aliphatic carbocycles. The maximum absolute atomic E-state index is 13.2. The first-order chi connectivity index (χ1) is 10.1. The Hall–Kier alpha value is -1.58. The lowest BCUT2D eigenvalue weighted by molar-refractivity contribution is 0.414. The Bertz CT molecular complexity index is 586. The third kappa shape index (κ3) is 4.19. The van der Waals surface area contributed by atoms with Crippen molar-refractivity contribution >= 4 is 11.6 Å². The summed E-state index contributed by atoms with van der Waals surface area (Å²) in [6.45, 7) is 2.85. The van der Waals surface area contributed by atoms with Crippen LogP contribution in [0.1, 0.15) is 24.1 Å². The summed E-state index contributed by atoms with van der Waals surface area (Å²) in [5, 5.41) is 3.85. The summed E-state index contributed by atoms with van der Waals surface area (Å²) in [4.78, 5) is 0. The highest BCUT2D eigenvalue weighted by atomic mass is 35.5. The van der Waals surface area contributed by atoms with E-state index in [0.717, 1.165) is 24.3 Å². The van der Waals surface area contributed by atoms with E-state index in [2.05, 4.69) is 5.32 Å². The van der Waals surface area contributed by atoms with E-state index in [9.17, 15) is 4.39 Å². The van der Waals surface area contributed by atoms with E-state index < -0.39 is 0 Å². The van der Waals surface area contributed by atoms with Gasteiger partial charge in [-0.05, 0) is 48.4 Å². The Morgan fingerprint density at radius 1 is 1.19 bits per heavy atom. The monoisotopic (exact) mass is 307 g/mol. The molecule has 0 spiro atoms. The van der Waals surface area contributed by atoms with Gasteiger partial charge in [-0.2, -0.15) is 0 Å². The van der Waals surface area contributed by atoms with E-state index in [0.29, 0.717) is 5.02 Å². The summed E-state index contributed by atoms with van der Waals surface area (Å²) in [5.41, 5.74) is 2.08. The second-order valence-electron chi connectivity index (χ2n) is 4.83. The lowest BCUT2D eigenvalue weighted by atomic mass is 9.98. The Morgan fingerprint density at radius 3 is 2.48 bits per heavy atom. The second kappa shape index (κ2) is 7.43. The minimum atomic E-state index is -0.316. The van der Waals surface area contributed by atoms with Crippen LogP contribution in [0.2, 0.25) is 5.02 Å². The first-order valence-corrected chi connectivity index (χ1v) is 7.33. The van der Waals surface area contributed by atoms with Crippen LogP contribution < -0.4 is 10.1 Å². The normalized spacial score (nSPS) is 12.2. The number of likely N-dealkylation sites (N-methyl/N-ethyl adjacent to an activating group) is 1. The molecule has 21 heavy (non-hydrogen) atoms. The number of rotatable bonds is 6. The van der Waals surface area contributed by atoms with Gasteiger partial charge >= 0.3 is 0 Å². The van der Waals surface area contributed by atoms with E-state index in [-0.39, 0.29) is 11.9 Å². The Balaban J connectivity index is 2.21. The molecule has 112 valence electrons. The molecule has 1 N–H and O–H groups in total. The maximum Gasteiger partial charge on any atom is 0.124 e. The second-order valence-corrected chi connectivity index (χ2v) is 5.24. The lowest BCUT2D eigenvalue weighted by Crippen LogP contribution is -2.23. The van der Waals surface area contributed by atoms with E-state index in [1.807, 2.05) is 31.2 Å². The highest BCUT2D eigenvalue weighted by molar-refractivity contribution is 6.31. The number of ether oxygens (including phenoxy) is 1.